The van der Waals surface area contributed by atoms with E-state index < -0.39 is 0 Å². The largest absolute Gasteiger partial charge is 0.323 e. The van der Waals surface area contributed by atoms with Gasteiger partial charge in [-0.05, 0) is 26.2 Å². The third kappa shape index (κ3) is 2.44. The Hall–Kier alpha value is -1.78. The second-order valence-corrected chi connectivity index (χ2v) is 5.69. The van der Waals surface area contributed by atoms with Gasteiger partial charge in [-0.15, -0.1) is 0 Å². The van der Waals surface area contributed by atoms with Crippen molar-refractivity contribution in [1.82, 2.24) is 19.3 Å². The van der Waals surface area contributed by atoms with E-state index >= 15 is 0 Å². The summed E-state index contributed by atoms with van der Waals surface area (Å²) in [4.78, 5) is 4.65. The predicted molar refractivity (Wildman–Crippen MR) is 80.3 cm³/mol. The molecule has 1 aliphatic rings. The second kappa shape index (κ2) is 5.31. The van der Waals surface area contributed by atoms with E-state index in [-0.39, 0.29) is 0 Å². The van der Waals surface area contributed by atoms with E-state index in [1.807, 2.05) is 17.9 Å². The monoisotopic (exact) mass is 273 g/mol. The van der Waals surface area contributed by atoms with Crippen molar-refractivity contribution in [2.24, 2.45) is 7.05 Å². The Morgan fingerprint density at radius 1 is 1.30 bits per heavy atom. The highest BCUT2D eigenvalue weighted by Crippen LogP contribution is 2.33. The van der Waals surface area contributed by atoms with Crippen molar-refractivity contribution in [1.29, 1.82) is 0 Å². The standard InChI is InChI=1S/C15H23N5/c1-4-13-14(10-19(3)18-13)17-15-16-11(2)9-20(15)12-7-5-6-8-12/h9-10,12H,4-8H2,1-3H3,(H,16,17). The number of rotatable bonds is 4. The molecule has 0 unspecified atom stereocenters. The van der Waals surface area contributed by atoms with Gasteiger partial charge in [-0.3, -0.25) is 4.68 Å². The Balaban J connectivity index is 1.89. The molecular formula is C15H23N5. The molecule has 2 aromatic rings. The molecule has 1 N–H and O–H groups in total. The normalized spacial score (nSPS) is 15.9. The van der Waals surface area contributed by atoms with Crippen molar-refractivity contribution >= 4 is 11.6 Å². The first-order chi connectivity index (χ1) is 9.67. The summed E-state index contributed by atoms with van der Waals surface area (Å²) in [6, 6.07) is 0.598. The maximum atomic E-state index is 4.65. The fourth-order valence-electron chi connectivity index (χ4n) is 3.09. The maximum absolute atomic E-state index is 4.65. The van der Waals surface area contributed by atoms with Crippen LogP contribution >= 0.6 is 0 Å². The van der Waals surface area contributed by atoms with Crippen LogP contribution in [0.25, 0.3) is 0 Å². The molecule has 0 aromatic carbocycles. The first-order valence-electron chi connectivity index (χ1n) is 7.52. The van der Waals surface area contributed by atoms with Gasteiger partial charge in [0, 0.05) is 25.5 Å². The van der Waals surface area contributed by atoms with Crippen molar-refractivity contribution in [3.8, 4) is 0 Å². The predicted octanol–water partition coefficient (Wildman–Crippen LogP) is 3.35. The molecule has 108 valence electrons. The van der Waals surface area contributed by atoms with E-state index in [0.29, 0.717) is 6.04 Å². The molecule has 1 fully saturated rings. The van der Waals surface area contributed by atoms with Crippen LogP contribution in [0.2, 0.25) is 0 Å². The zero-order valence-electron chi connectivity index (χ0n) is 12.6. The van der Waals surface area contributed by atoms with Crippen LogP contribution in [0.15, 0.2) is 12.4 Å². The molecule has 1 saturated carbocycles. The molecule has 2 heterocycles. The fraction of sp³-hybridized carbons (Fsp3) is 0.600. The van der Waals surface area contributed by atoms with Crippen LogP contribution in [0, 0.1) is 6.92 Å². The van der Waals surface area contributed by atoms with Crippen LogP contribution in [-0.4, -0.2) is 19.3 Å². The van der Waals surface area contributed by atoms with Gasteiger partial charge in [0.1, 0.15) is 0 Å². The summed E-state index contributed by atoms with van der Waals surface area (Å²) < 4.78 is 4.17. The highest BCUT2D eigenvalue weighted by molar-refractivity contribution is 5.56. The zero-order valence-corrected chi connectivity index (χ0v) is 12.6. The van der Waals surface area contributed by atoms with Crippen LogP contribution in [0.1, 0.15) is 50.0 Å². The number of imidazole rings is 1. The lowest BCUT2D eigenvalue weighted by molar-refractivity contribution is 0.524. The van der Waals surface area contributed by atoms with Gasteiger partial charge in [0.25, 0.3) is 0 Å². The van der Waals surface area contributed by atoms with Gasteiger partial charge < -0.3 is 9.88 Å². The number of nitrogens with zero attached hydrogens (tertiary/aromatic N) is 4. The van der Waals surface area contributed by atoms with Gasteiger partial charge in [0.15, 0.2) is 0 Å². The van der Waals surface area contributed by atoms with Crippen LogP contribution in [0.4, 0.5) is 11.6 Å². The SMILES string of the molecule is CCc1nn(C)cc1Nc1nc(C)cn1C1CCCC1. The second-order valence-electron chi connectivity index (χ2n) is 5.69. The first-order valence-corrected chi connectivity index (χ1v) is 7.52. The average Bonchev–Trinajstić information content (AvgIpc) is 3.10. The Kier molecular flexibility index (Phi) is 3.51. The Morgan fingerprint density at radius 2 is 2.05 bits per heavy atom. The summed E-state index contributed by atoms with van der Waals surface area (Å²) in [5.74, 6) is 0.956. The minimum atomic E-state index is 0.598. The molecule has 0 saturated heterocycles. The van der Waals surface area contributed by atoms with E-state index in [9.17, 15) is 0 Å². The summed E-state index contributed by atoms with van der Waals surface area (Å²) in [6.07, 6.45) is 10.3. The minimum Gasteiger partial charge on any atom is -0.323 e. The first kappa shape index (κ1) is 13.2. The maximum Gasteiger partial charge on any atom is 0.207 e. The highest BCUT2D eigenvalue weighted by atomic mass is 15.3. The lowest BCUT2D eigenvalue weighted by Crippen LogP contribution is -2.08. The van der Waals surface area contributed by atoms with E-state index in [1.165, 1.54) is 25.7 Å². The van der Waals surface area contributed by atoms with Gasteiger partial charge in [-0.1, -0.05) is 19.8 Å². The zero-order chi connectivity index (χ0) is 14.1. The molecule has 5 heteroatoms. The number of nitrogens with one attached hydrogen (secondary N) is 1. The minimum absolute atomic E-state index is 0.598. The quantitative estimate of drug-likeness (QED) is 0.929. The average molecular weight is 273 g/mol. The van der Waals surface area contributed by atoms with Gasteiger partial charge in [-0.2, -0.15) is 5.10 Å². The van der Waals surface area contributed by atoms with Crippen LogP contribution in [0.3, 0.4) is 0 Å². The van der Waals surface area contributed by atoms with E-state index in [2.05, 4.69) is 40.0 Å². The summed E-state index contributed by atoms with van der Waals surface area (Å²) in [7, 11) is 1.96. The third-order valence-corrected chi connectivity index (χ3v) is 4.06. The molecule has 1 aliphatic carbocycles. The Morgan fingerprint density at radius 3 is 2.75 bits per heavy atom. The Labute approximate surface area is 120 Å². The molecule has 20 heavy (non-hydrogen) atoms. The van der Waals surface area contributed by atoms with Crippen molar-refractivity contribution < 1.29 is 0 Å². The number of hydrogen-bond acceptors (Lipinski definition) is 3. The summed E-state index contributed by atoms with van der Waals surface area (Å²) >= 11 is 0. The number of aromatic nitrogens is 4. The van der Waals surface area contributed by atoms with Crippen molar-refractivity contribution in [2.45, 2.75) is 52.0 Å². The molecule has 0 bridgehead atoms. The highest BCUT2D eigenvalue weighted by Gasteiger charge is 2.21. The van der Waals surface area contributed by atoms with Crippen LogP contribution in [0.5, 0.6) is 0 Å². The van der Waals surface area contributed by atoms with Gasteiger partial charge in [0.05, 0.1) is 17.1 Å². The van der Waals surface area contributed by atoms with Crippen LogP contribution < -0.4 is 5.32 Å². The van der Waals surface area contributed by atoms with Gasteiger partial charge in [0.2, 0.25) is 5.95 Å². The topological polar surface area (TPSA) is 47.7 Å². The van der Waals surface area contributed by atoms with Crippen LogP contribution in [-0.2, 0) is 13.5 Å². The summed E-state index contributed by atoms with van der Waals surface area (Å²) in [6.45, 7) is 4.18. The molecule has 0 atom stereocenters. The number of hydrogen-bond donors (Lipinski definition) is 1. The fourth-order valence-corrected chi connectivity index (χ4v) is 3.09. The third-order valence-electron chi connectivity index (χ3n) is 4.06. The van der Waals surface area contributed by atoms with E-state index in [1.54, 1.807) is 0 Å². The lowest BCUT2D eigenvalue weighted by atomic mass is 10.2. The molecular weight excluding hydrogens is 250 g/mol. The van der Waals surface area contributed by atoms with E-state index in [0.717, 1.165) is 29.4 Å². The van der Waals surface area contributed by atoms with Gasteiger partial charge in [-0.25, -0.2) is 4.98 Å². The van der Waals surface area contributed by atoms with Gasteiger partial charge >= 0.3 is 0 Å². The molecule has 0 radical (unpaired) electrons. The molecule has 5 nitrogen and oxygen atoms in total. The molecule has 0 amide bonds. The molecule has 0 aliphatic heterocycles. The summed E-state index contributed by atoms with van der Waals surface area (Å²) in [5, 5.41) is 7.96. The molecule has 0 spiro atoms. The Bertz CT molecular complexity index is 589. The van der Waals surface area contributed by atoms with Crippen molar-refractivity contribution in [3.05, 3.63) is 23.8 Å². The summed E-state index contributed by atoms with van der Waals surface area (Å²) in [5.41, 5.74) is 3.23. The van der Waals surface area contributed by atoms with Crippen molar-refractivity contribution in [2.75, 3.05) is 5.32 Å². The lowest BCUT2D eigenvalue weighted by Gasteiger charge is -2.15. The number of aryl methyl sites for hydroxylation is 3. The smallest absolute Gasteiger partial charge is 0.207 e. The molecule has 3 rings (SSSR count). The van der Waals surface area contributed by atoms with Crippen molar-refractivity contribution in [3.63, 3.8) is 0 Å². The molecule has 2 aromatic heterocycles. The number of anilines is 2. The van der Waals surface area contributed by atoms with E-state index in [4.69, 9.17) is 0 Å².